The van der Waals surface area contributed by atoms with E-state index in [0.29, 0.717) is 30.0 Å². The van der Waals surface area contributed by atoms with Crippen LogP contribution in [0, 0.1) is 0 Å². The van der Waals surface area contributed by atoms with Crippen LogP contribution in [0.15, 0.2) is 59.7 Å². The molecule has 4 amide bonds. The topological polar surface area (TPSA) is 82.1 Å². The molecule has 0 spiro atoms. The number of halogens is 1. The molecule has 1 fully saturated rings. The highest BCUT2D eigenvalue weighted by molar-refractivity contribution is 6.30. The number of amides is 4. The quantitative estimate of drug-likeness (QED) is 0.748. The van der Waals surface area contributed by atoms with Gasteiger partial charge in [0.1, 0.15) is 12.1 Å². The Bertz CT molecular complexity index is 1020. The van der Waals surface area contributed by atoms with Crippen molar-refractivity contribution in [1.29, 1.82) is 0 Å². The minimum Gasteiger partial charge on any atom is -0.319 e. The van der Waals surface area contributed by atoms with E-state index in [0.717, 1.165) is 16.2 Å². The summed E-state index contributed by atoms with van der Waals surface area (Å²) in [6.07, 6.45) is 0.976. The van der Waals surface area contributed by atoms with Crippen LogP contribution in [-0.2, 0) is 15.1 Å². The van der Waals surface area contributed by atoms with Crippen LogP contribution in [0.3, 0.4) is 0 Å². The highest BCUT2D eigenvalue weighted by Gasteiger charge is 2.51. The molecule has 8 heteroatoms. The largest absolute Gasteiger partial charge is 0.325 e. The third kappa shape index (κ3) is 3.45. The molecule has 30 heavy (non-hydrogen) atoms. The van der Waals surface area contributed by atoms with Gasteiger partial charge in [0.25, 0.3) is 11.8 Å². The number of hydrogen-bond acceptors (Lipinski definition) is 4. The van der Waals surface area contributed by atoms with E-state index in [1.165, 1.54) is 5.01 Å². The number of nitrogens with zero attached hydrogens (tertiary/aromatic N) is 3. The molecule has 2 aromatic carbocycles. The maximum atomic E-state index is 13.2. The first-order valence-corrected chi connectivity index (χ1v) is 10.2. The van der Waals surface area contributed by atoms with Crippen LogP contribution in [0.4, 0.5) is 4.79 Å². The average molecular weight is 425 g/mol. The Balaban J connectivity index is 1.51. The zero-order chi connectivity index (χ0) is 21.3. The number of urea groups is 1. The van der Waals surface area contributed by atoms with Crippen molar-refractivity contribution in [2.24, 2.45) is 5.10 Å². The highest BCUT2D eigenvalue weighted by Crippen LogP contribution is 2.33. The summed E-state index contributed by atoms with van der Waals surface area (Å²) < 4.78 is 0. The van der Waals surface area contributed by atoms with Crippen molar-refractivity contribution >= 4 is 35.2 Å². The van der Waals surface area contributed by atoms with Gasteiger partial charge in [0.15, 0.2) is 0 Å². The van der Waals surface area contributed by atoms with Crippen molar-refractivity contribution in [3.8, 4) is 0 Å². The minimum atomic E-state index is -1.20. The molecule has 7 nitrogen and oxygen atoms in total. The van der Waals surface area contributed by atoms with Crippen molar-refractivity contribution in [3.63, 3.8) is 0 Å². The number of hydrazone groups is 1. The predicted octanol–water partition coefficient (Wildman–Crippen LogP) is 3.13. The molecule has 2 aliphatic rings. The Morgan fingerprint density at radius 2 is 1.83 bits per heavy atom. The maximum absolute atomic E-state index is 13.2. The second kappa shape index (κ2) is 7.91. The summed E-state index contributed by atoms with van der Waals surface area (Å²) in [5, 5.41) is 9.03. The Hall–Kier alpha value is -3.19. The van der Waals surface area contributed by atoms with E-state index in [9.17, 15) is 14.4 Å². The number of nitrogens with one attached hydrogen (secondary N) is 1. The number of carbonyl (C=O) groups is 3. The molecule has 2 aliphatic heterocycles. The molecule has 1 N–H and O–H groups in total. The van der Waals surface area contributed by atoms with Gasteiger partial charge in [-0.3, -0.25) is 14.5 Å². The fraction of sp³-hybridized carbons (Fsp3) is 0.273. The van der Waals surface area contributed by atoms with Crippen molar-refractivity contribution in [3.05, 3.63) is 70.7 Å². The molecule has 2 aromatic rings. The fourth-order valence-corrected chi connectivity index (χ4v) is 3.96. The van der Waals surface area contributed by atoms with E-state index in [1.807, 2.05) is 37.3 Å². The lowest BCUT2D eigenvalue weighted by Gasteiger charge is -2.26. The Labute approximate surface area is 179 Å². The van der Waals surface area contributed by atoms with Crippen LogP contribution in [0.25, 0.3) is 0 Å². The van der Waals surface area contributed by atoms with Crippen molar-refractivity contribution in [2.75, 3.05) is 13.1 Å². The maximum Gasteiger partial charge on any atom is 0.325 e. The summed E-state index contributed by atoms with van der Waals surface area (Å²) in [4.78, 5) is 39.5. The van der Waals surface area contributed by atoms with Crippen LogP contribution < -0.4 is 5.32 Å². The van der Waals surface area contributed by atoms with Gasteiger partial charge in [-0.15, -0.1) is 0 Å². The summed E-state index contributed by atoms with van der Waals surface area (Å²) in [6, 6.07) is 15.8. The molecule has 0 saturated carbocycles. The second-order valence-electron chi connectivity index (χ2n) is 7.27. The SMILES string of the molecule is CCC1(c2ccc(Cl)cc2)NC(=O)N(CC(=O)N2CCC(c3ccccc3)=N2)C1=O. The summed E-state index contributed by atoms with van der Waals surface area (Å²) in [5.74, 6) is -0.843. The summed E-state index contributed by atoms with van der Waals surface area (Å²) in [7, 11) is 0. The smallest absolute Gasteiger partial charge is 0.319 e. The van der Waals surface area contributed by atoms with Crippen molar-refractivity contribution < 1.29 is 14.4 Å². The van der Waals surface area contributed by atoms with Crippen LogP contribution >= 0.6 is 11.6 Å². The molecule has 0 aliphatic carbocycles. The van der Waals surface area contributed by atoms with Gasteiger partial charge in [0, 0.05) is 11.4 Å². The first-order valence-electron chi connectivity index (χ1n) is 9.78. The Morgan fingerprint density at radius 3 is 2.50 bits per heavy atom. The first kappa shape index (κ1) is 20.1. The lowest BCUT2D eigenvalue weighted by Crippen LogP contribution is -2.44. The van der Waals surface area contributed by atoms with E-state index in [2.05, 4.69) is 10.4 Å². The molecular weight excluding hydrogens is 404 g/mol. The highest BCUT2D eigenvalue weighted by atomic mass is 35.5. The lowest BCUT2D eigenvalue weighted by molar-refractivity contribution is -0.139. The number of imide groups is 1. The van der Waals surface area contributed by atoms with E-state index >= 15 is 0 Å². The number of hydrogen-bond donors (Lipinski definition) is 1. The zero-order valence-electron chi connectivity index (χ0n) is 16.5. The zero-order valence-corrected chi connectivity index (χ0v) is 17.2. The van der Waals surface area contributed by atoms with E-state index < -0.39 is 23.4 Å². The van der Waals surface area contributed by atoms with Gasteiger partial charge in [-0.25, -0.2) is 9.80 Å². The first-order chi connectivity index (χ1) is 14.4. The van der Waals surface area contributed by atoms with Gasteiger partial charge in [0.05, 0.1) is 12.3 Å². The van der Waals surface area contributed by atoms with Gasteiger partial charge in [-0.05, 0) is 29.7 Å². The molecule has 1 unspecified atom stereocenters. The number of rotatable bonds is 5. The van der Waals surface area contributed by atoms with Crippen LogP contribution in [-0.4, -0.2) is 46.6 Å². The van der Waals surface area contributed by atoms with E-state index in [4.69, 9.17) is 11.6 Å². The van der Waals surface area contributed by atoms with Crippen LogP contribution in [0.1, 0.15) is 30.9 Å². The summed E-state index contributed by atoms with van der Waals surface area (Å²) >= 11 is 5.95. The van der Waals surface area contributed by atoms with Gasteiger partial charge in [-0.2, -0.15) is 5.10 Å². The summed E-state index contributed by atoms with van der Waals surface area (Å²) in [6.45, 7) is 1.88. The van der Waals surface area contributed by atoms with Crippen molar-refractivity contribution in [2.45, 2.75) is 25.3 Å². The lowest BCUT2D eigenvalue weighted by atomic mass is 9.87. The average Bonchev–Trinajstić information content (AvgIpc) is 3.35. The van der Waals surface area contributed by atoms with Gasteiger partial charge in [-0.1, -0.05) is 61.0 Å². The number of benzene rings is 2. The van der Waals surface area contributed by atoms with Gasteiger partial charge < -0.3 is 5.32 Å². The molecular formula is C22H21ClN4O3. The van der Waals surface area contributed by atoms with E-state index in [-0.39, 0.29) is 6.54 Å². The molecule has 154 valence electrons. The van der Waals surface area contributed by atoms with E-state index in [1.54, 1.807) is 24.3 Å². The van der Waals surface area contributed by atoms with Crippen molar-refractivity contribution in [1.82, 2.24) is 15.2 Å². The summed E-state index contributed by atoms with van der Waals surface area (Å²) in [5.41, 5.74) is 1.19. The minimum absolute atomic E-state index is 0.351. The van der Waals surface area contributed by atoms with Gasteiger partial charge >= 0.3 is 6.03 Å². The van der Waals surface area contributed by atoms with Crippen LogP contribution in [0.5, 0.6) is 0 Å². The van der Waals surface area contributed by atoms with Crippen LogP contribution in [0.2, 0.25) is 5.02 Å². The Morgan fingerprint density at radius 1 is 1.13 bits per heavy atom. The second-order valence-corrected chi connectivity index (χ2v) is 7.70. The molecule has 1 atom stereocenters. The monoisotopic (exact) mass is 424 g/mol. The number of carbonyl (C=O) groups excluding carboxylic acids is 3. The predicted molar refractivity (Wildman–Crippen MR) is 113 cm³/mol. The molecule has 4 rings (SSSR count). The molecule has 0 aromatic heterocycles. The third-order valence-electron chi connectivity index (χ3n) is 5.53. The molecule has 0 bridgehead atoms. The normalized spacial score (nSPS) is 21.1. The standard InChI is InChI=1S/C22H21ClN4O3/c1-2-22(16-8-10-17(23)11-9-16)20(29)26(21(30)24-22)14-19(28)27-13-12-18(25-27)15-6-4-3-5-7-15/h3-11H,2,12-14H2,1H3,(H,24,30). The fourth-order valence-electron chi connectivity index (χ4n) is 3.83. The molecule has 1 saturated heterocycles. The molecule has 2 heterocycles. The Kier molecular flexibility index (Phi) is 5.30. The molecule has 0 radical (unpaired) electrons. The van der Waals surface area contributed by atoms with Gasteiger partial charge in [0.2, 0.25) is 0 Å². The third-order valence-corrected chi connectivity index (χ3v) is 5.79.